The topological polar surface area (TPSA) is 79.5 Å². The van der Waals surface area contributed by atoms with Crippen molar-refractivity contribution in [2.24, 2.45) is 0 Å². The summed E-state index contributed by atoms with van der Waals surface area (Å²) in [7, 11) is 0. The molecule has 2 amide bonds. The van der Waals surface area contributed by atoms with Crippen LogP contribution in [0.4, 0.5) is 11.4 Å². The zero-order valence-corrected chi connectivity index (χ0v) is 21.2. The minimum Gasteiger partial charge on any atom is -0.493 e. The second-order valence-corrected chi connectivity index (χ2v) is 8.77. The number of carbonyl (C=O) groups excluding carboxylic acids is 2. The van der Waals surface area contributed by atoms with Gasteiger partial charge in [0.1, 0.15) is 5.75 Å². The maximum Gasteiger partial charge on any atom is 0.257 e. The van der Waals surface area contributed by atoms with Crippen LogP contribution in [0, 0.1) is 6.92 Å². The molecule has 7 heteroatoms. The lowest BCUT2D eigenvalue weighted by molar-refractivity contribution is 0.0976. The zero-order valence-electron chi connectivity index (χ0n) is 20.4. The number of aryl methyl sites for hydroxylation is 1. The van der Waals surface area contributed by atoms with Crippen molar-refractivity contribution in [2.45, 2.75) is 13.3 Å². The predicted octanol–water partition coefficient (Wildman–Crippen LogP) is 6.00. The zero-order chi connectivity index (χ0) is 26.0. The summed E-state index contributed by atoms with van der Waals surface area (Å²) < 4.78 is 5.77. The Morgan fingerprint density at radius 2 is 1.35 bits per heavy atom. The van der Waals surface area contributed by atoms with Crippen molar-refractivity contribution < 1.29 is 14.3 Å². The Kier molecular flexibility index (Phi) is 8.62. The molecule has 0 saturated heterocycles. The van der Waals surface area contributed by atoms with Gasteiger partial charge in [-0.1, -0.05) is 48.5 Å². The lowest BCUT2D eigenvalue weighted by Gasteiger charge is -2.12. The summed E-state index contributed by atoms with van der Waals surface area (Å²) >= 11 is 5.29. The second kappa shape index (κ2) is 12.5. The Bertz CT molecular complexity index is 1370. The van der Waals surface area contributed by atoms with Gasteiger partial charge in [0.25, 0.3) is 11.8 Å². The van der Waals surface area contributed by atoms with Crippen molar-refractivity contribution in [2.75, 3.05) is 17.2 Å². The number of anilines is 2. The SMILES string of the molecule is Cc1ccccc1C(=O)Nc1ccc(NC(=S)NC(=O)c2ccc(OCCc3ccccc3)cc2)cc1. The van der Waals surface area contributed by atoms with Crippen molar-refractivity contribution in [1.82, 2.24) is 5.32 Å². The van der Waals surface area contributed by atoms with Gasteiger partial charge >= 0.3 is 0 Å². The van der Waals surface area contributed by atoms with Crippen molar-refractivity contribution in [3.05, 3.63) is 125 Å². The number of hydrogen-bond donors (Lipinski definition) is 3. The summed E-state index contributed by atoms with van der Waals surface area (Å²) in [5.41, 5.74) is 4.54. The molecule has 0 aliphatic carbocycles. The fraction of sp³-hybridized carbons (Fsp3) is 0.100. The fourth-order valence-corrected chi connectivity index (χ4v) is 3.85. The Labute approximate surface area is 221 Å². The van der Waals surface area contributed by atoms with Gasteiger partial charge in [-0.25, -0.2) is 0 Å². The molecule has 0 bridgehead atoms. The first-order valence-electron chi connectivity index (χ1n) is 11.8. The van der Waals surface area contributed by atoms with Crippen LogP contribution >= 0.6 is 12.2 Å². The van der Waals surface area contributed by atoms with Gasteiger partial charge < -0.3 is 15.4 Å². The first kappa shape index (κ1) is 25.6. The molecule has 37 heavy (non-hydrogen) atoms. The number of rotatable bonds is 8. The predicted molar refractivity (Wildman–Crippen MR) is 151 cm³/mol. The summed E-state index contributed by atoms with van der Waals surface area (Å²) in [6, 6.07) is 31.5. The van der Waals surface area contributed by atoms with E-state index in [1.54, 1.807) is 54.6 Å². The highest BCUT2D eigenvalue weighted by molar-refractivity contribution is 7.80. The molecule has 0 aromatic heterocycles. The molecule has 4 aromatic carbocycles. The van der Waals surface area contributed by atoms with Gasteiger partial charge in [0.2, 0.25) is 0 Å². The van der Waals surface area contributed by atoms with Gasteiger partial charge in [0, 0.05) is 28.9 Å². The first-order valence-corrected chi connectivity index (χ1v) is 12.2. The third-order valence-corrected chi connectivity index (χ3v) is 5.84. The molecule has 0 atom stereocenters. The Hall–Kier alpha value is -4.49. The minimum absolute atomic E-state index is 0.171. The lowest BCUT2D eigenvalue weighted by atomic mass is 10.1. The molecular weight excluding hydrogens is 482 g/mol. The van der Waals surface area contributed by atoms with E-state index in [4.69, 9.17) is 17.0 Å². The molecule has 0 fully saturated rings. The van der Waals surface area contributed by atoms with Crippen molar-refractivity contribution >= 4 is 40.5 Å². The van der Waals surface area contributed by atoms with Crippen LogP contribution in [-0.4, -0.2) is 23.5 Å². The number of nitrogens with one attached hydrogen (secondary N) is 3. The highest BCUT2D eigenvalue weighted by Gasteiger charge is 2.10. The van der Waals surface area contributed by atoms with E-state index in [0.29, 0.717) is 34.9 Å². The maximum absolute atomic E-state index is 12.6. The minimum atomic E-state index is -0.324. The van der Waals surface area contributed by atoms with Crippen LogP contribution in [0.2, 0.25) is 0 Å². The highest BCUT2D eigenvalue weighted by atomic mass is 32.1. The summed E-state index contributed by atoms with van der Waals surface area (Å²) in [5, 5.41) is 8.71. The Morgan fingerprint density at radius 1 is 0.730 bits per heavy atom. The number of thiocarbonyl (C=S) groups is 1. The highest BCUT2D eigenvalue weighted by Crippen LogP contribution is 2.17. The number of carbonyl (C=O) groups is 2. The summed E-state index contributed by atoms with van der Waals surface area (Å²) in [6.45, 7) is 2.45. The number of ether oxygens (including phenoxy) is 1. The van der Waals surface area contributed by atoms with Crippen molar-refractivity contribution in [3.8, 4) is 5.75 Å². The standard InChI is InChI=1S/C30H27N3O3S/c1-21-7-5-6-10-27(21)29(35)31-24-13-15-25(16-14-24)32-30(37)33-28(34)23-11-17-26(18-12-23)36-20-19-22-8-3-2-4-9-22/h2-18H,19-20H2,1H3,(H,31,35)(H2,32,33,34,37). The third kappa shape index (κ3) is 7.49. The molecule has 4 rings (SSSR count). The number of amides is 2. The van der Waals surface area contributed by atoms with Gasteiger partial charge in [0.05, 0.1) is 6.61 Å². The smallest absolute Gasteiger partial charge is 0.257 e. The van der Waals surface area contributed by atoms with Gasteiger partial charge in [-0.15, -0.1) is 0 Å². The largest absolute Gasteiger partial charge is 0.493 e. The molecule has 0 unspecified atom stereocenters. The van der Waals surface area contributed by atoms with Crippen molar-refractivity contribution in [1.29, 1.82) is 0 Å². The molecule has 4 aromatic rings. The third-order valence-electron chi connectivity index (χ3n) is 5.64. The first-order chi connectivity index (χ1) is 18.0. The van der Waals surface area contributed by atoms with E-state index < -0.39 is 0 Å². The lowest BCUT2D eigenvalue weighted by Crippen LogP contribution is -2.34. The van der Waals surface area contributed by atoms with E-state index in [9.17, 15) is 9.59 Å². The van der Waals surface area contributed by atoms with E-state index >= 15 is 0 Å². The van der Waals surface area contributed by atoms with Gasteiger partial charge in [0.15, 0.2) is 5.11 Å². The molecule has 0 spiro atoms. The van der Waals surface area contributed by atoms with E-state index in [0.717, 1.165) is 12.0 Å². The summed E-state index contributed by atoms with van der Waals surface area (Å²) in [4.78, 5) is 25.0. The summed E-state index contributed by atoms with van der Waals surface area (Å²) in [6.07, 6.45) is 0.809. The quantitative estimate of drug-likeness (QED) is 0.254. The monoisotopic (exact) mass is 509 g/mol. The normalized spacial score (nSPS) is 10.3. The van der Waals surface area contributed by atoms with Gasteiger partial charge in [-0.3, -0.25) is 14.9 Å². The van der Waals surface area contributed by atoms with Crippen LogP contribution in [0.25, 0.3) is 0 Å². The number of benzene rings is 4. The van der Waals surface area contributed by atoms with Crippen LogP contribution in [0.15, 0.2) is 103 Å². The maximum atomic E-state index is 12.6. The van der Waals surface area contributed by atoms with Crippen LogP contribution < -0.4 is 20.7 Å². The molecular formula is C30H27N3O3S. The van der Waals surface area contributed by atoms with Crippen LogP contribution in [-0.2, 0) is 6.42 Å². The molecule has 0 aliphatic heterocycles. The van der Waals surface area contributed by atoms with Crippen LogP contribution in [0.5, 0.6) is 5.75 Å². The molecule has 6 nitrogen and oxygen atoms in total. The van der Waals surface area contributed by atoms with Gasteiger partial charge in [-0.05, 0) is 84.9 Å². The average molecular weight is 510 g/mol. The average Bonchev–Trinajstić information content (AvgIpc) is 2.91. The van der Waals surface area contributed by atoms with E-state index in [1.807, 2.05) is 43.3 Å². The Morgan fingerprint density at radius 3 is 2.03 bits per heavy atom. The van der Waals surface area contributed by atoms with Gasteiger partial charge in [-0.2, -0.15) is 0 Å². The second-order valence-electron chi connectivity index (χ2n) is 8.36. The van der Waals surface area contributed by atoms with E-state index in [2.05, 4.69) is 28.1 Å². The summed E-state index contributed by atoms with van der Waals surface area (Å²) in [5.74, 6) is 0.201. The molecule has 0 saturated carbocycles. The van der Waals surface area contributed by atoms with Crippen LogP contribution in [0.1, 0.15) is 31.8 Å². The number of hydrogen-bond acceptors (Lipinski definition) is 4. The fourth-order valence-electron chi connectivity index (χ4n) is 3.63. The molecule has 3 N–H and O–H groups in total. The van der Waals surface area contributed by atoms with Crippen LogP contribution in [0.3, 0.4) is 0 Å². The molecule has 186 valence electrons. The molecule has 0 heterocycles. The van der Waals surface area contributed by atoms with E-state index in [1.165, 1.54) is 5.56 Å². The van der Waals surface area contributed by atoms with Crippen molar-refractivity contribution in [3.63, 3.8) is 0 Å². The molecule has 0 radical (unpaired) electrons. The Balaban J connectivity index is 1.23. The molecule has 0 aliphatic rings. The van der Waals surface area contributed by atoms with E-state index in [-0.39, 0.29) is 16.9 Å².